The summed E-state index contributed by atoms with van der Waals surface area (Å²) >= 11 is 0. The Balaban J connectivity index is 2.09. The number of phenols is 2. The van der Waals surface area contributed by atoms with Crippen molar-refractivity contribution < 1.29 is 14.9 Å². The maximum Gasteiger partial charge on any atom is 0.128 e. The Bertz CT molecular complexity index is 878. The molecule has 0 saturated carbocycles. The molecule has 0 aliphatic rings. The Labute approximate surface area is 145 Å². The average Bonchev–Trinajstić information content (AvgIpc) is 2.62. The predicted octanol–water partition coefficient (Wildman–Crippen LogP) is 3.37. The lowest BCUT2D eigenvalue weighted by molar-refractivity contribution is 0.416. The summed E-state index contributed by atoms with van der Waals surface area (Å²) in [6, 6.07) is 16.8. The van der Waals surface area contributed by atoms with E-state index in [1.807, 2.05) is 6.07 Å². The molecular formula is C19H19N3O3. The second-order valence-corrected chi connectivity index (χ2v) is 5.54. The van der Waals surface area contributed by atoms with Crippen LogP contribution in [0.3, 0.4) is 0 Å². The SMILES string of the molecule is COc1cc(N)c(N(N)c2ccc(O)cc2)cc1-c1ccc(O)cc1. The molecule has 3 aromatic carbocycles. The third-order valence-corrected chi connectivity index (χ3v) is 3.91. The molecule has 0 saturated heterocycles. The summed E-state index contributed by atoms with van der Waals surface area (Å²) in [6.45, 7) is 0. The molecule has 128 valence electrons. The van der Waals surface area contributed by atoms with E-state index in [2.05, 4.69) is 0 Å². The molecule has 0 heterocycles. The van der Waals surface area contributed by atoms with E-state index < -0.39 is 0 Å². The van der Waals surface area contributed by atoms with Crippen LogP contribution in [0.5, 0.6) is 17.2 Å². The Morgan fingerprint density at radius 2 is 1.44 bits per heavy atom. The van der Waals surface area contributed by atoms with Gasteiger partial charge in [0.2, 0.25) is 0 Å². The van der Waals surface area contributed by atoms with E-state index >= 15 is 0 Å². The fourth-order valence-corrected chi connectivity index (χ4v) is 2.58. The van der Waals surface area contributed by atoms with Crippen LogP contribution in [-0.2, 0) is 0 Å². The van der Waals surface area contributed by atoms with E-state index in [-0.39, 0.29) is 11.5 Å². The van der Waals surface area contributed by atoms with Gasteiger partial charge in [0.25, 0.3) is 0 Å². The van der Waals surface area contributed by atoms with Crippen LogP contribution in [-0.4, -0.2) is 17.3 Å². The zero-order valence-electron chi connectivity index (χ0n) is 13.7. The van der Waals surface area contributed by atoms with Crippen molar-refractivity contribution >= 4 is 17.1 Å². The molecule has 0 radical (unpaired) electrons. The van der Waals surface area contributed by atoms with Crippen molar-refractivity contribution in [1.82, 2.24) is 0 Å². The Morgan fingerprint density at radius 1 is 0.880 bits per heavy atom. The molecule has 6 nitrogen and oxygen atoms in total. The third-order valence-electron chi connectivity index (χ3n) is 3.91. The van der Waals surface area contributed by atoms with E-state index in [0.717, 1.165) is 11.1 Å². The molecule has 0 aliphatic heterocycles. The van der Waals surface area contributed by atoms with Crippen molar-refractivity contribution in [2.24, 2.45) is 5.84 Å². The molecule has 0 fully saturated rings. The van der Waals surface area contributed by atoms with Gasteiger partial charge in [-0.1, -0.05) is 12.1 Å². The second kappa shape index (κ2) is 6.62. The first-order valence-electron chi connectivity index (χ1n) is 7.60. The van der Waals surface area contributed by atoms with Crippen LogP contribution < -0.4 is 21.3 Å². The summed E-state index contributed by atoms with van der Waals surface area (Å²) in [4.78, 5) is 0. The Hall–Kier alpha value is -3.38. The molecule has 0 aromatic heterocycles. The number of nitrogen functional groups attached to an aromatic ring is 1. The van der Waals surface area contributed by atoms with Gasteiger partial charge in [0.15, 0.2) is 0 Å². The zero-order chi connectivity index (χ0) is 18.0. The van der Waals surface area contributed by atoms with E-state index in [4.69, 9.17) is 16.3 Å². The number of aromatic hydroxyl groups is 2. The van der Waals surface area contributed by atoms with E-state index in [1.165, 1.54) is 5.01 Å². The first-order valence-corrected chi connectivity index (χ1v) is 7.60. The molecule has 0 amide bonds. The van der Waals surface area contributed by atoms with Crippen LogP contribution in [0, 0.1) is 0 Å². The van der Waals surface area contributed by atoms with Crippen LogP contribution >= 0.6 is 0 Å². The molecule has 3 rings (SSSR count). The van der Waals surface area contributed by atoms with Crippen LogP contribution in [0.15, 0.2) is 60.7 Å². The minimum absolute atomic E-state index is 0.157. The minimum Gasteiger partial charge on any atom is -0.508 e. The highest BCUT2D eigenvalue weighted by atomic mass is 16.5. The van der Waals surface area contributed by atoms with Gasteiger partial charge in [-0.15, -0.1) is 0 Å². The van der Waals surface area contributed by atoms with Crippen LogP contribution in [0.2, 0.25) is 0 Å². The molecule has 0 bridgehead atoms. The van der Waals surface area contributed by atoms with Gasteiger partial charge in [-0.3, -0.25) is 5.01 Å². The topological polar surface area (TPSA) is 105 Å². The number of rotatable bonds is 4. The fourth-order valence-electron chi connectivity index (χ4n) is 2.58. The van der Waals surface area contributed by atoms with Crippen LogP contribution in [0.1, 0.15) is 0 Å². The molecule has 6 N–H and O–H groups in total. The lowest BCUT2D eigenvalue weighted by Crippen LogP contribution is -2.25. The zero-order valence-corrected chi connectivity index (χ0v) is 13.7. The molecule has 0 atom stereocenters. The number of hydrogen-bond donors (Lipinski definition) is 4. The van der Waals surface area contributed by atoms with Gasteiger partial charge in [0.05, 0.1) is 24.2 Å². The Morgan fingerprint density at radius 3 is 2.00 bits per heavy atom. The maximum absolute atomic E-state index is 9.49. The first kappa shape index (κ1) is 16.5. The highest BCUT2D eigenvalue weighted by molar-refractivity contribution is 5.84. The number of hydrazine groups is 1. The van der Waals surface area contributed by atoms with Crippen LogP contribution in [0.25, 0.3) is 11.1 Å². The number of nitrogens with two attached hydrogens (primary N) is 2. The average molecular weight is 337 g/mol. The van der Waals surface area contributed by atoms with Crippen molar-refractivity contribution in [3.63, 3.8) is 0 Å². The highest BCUT2D eigenvalue weighted by Crippen LogP contribution is 2.39. The smallest absolute Gasteiger partial charge is 0.128 e. The fraction of sp³-hybridized carbons (Fsp3) is 0.0526. The summed E-state index contributed by atoms with van der Waals surface area (Å²) in [5, 5.41) is 20.4. The highest BCUT2D eigenvalue weighted by Gasteiger charge is 2.15. The monoisotopic (exact) mass is 337 g/mol. The van der Waals surface area contributed by atoms with Gasteiger partial charge < -0.3 is 20.7 Å². The number of hydrogen-bond acceptors (Lipinski definition) is 6. The second-order valence-electron chi connectivity index (χ2n) is 5.54. The number of methoxy groups -OCH3 is 1. The lowest BCUT2D eigenvalue weighted by Gasteiger charge is -2.22. The first-order chi connectivity index (χ1) is 12.0. The standard InChI is InChI=1S/C19H19N3O3/c1-25-19-11-17(20)18(22(21)13-4-8-15(24)9-5-13)10-16(19)12-2-6-14(23)7-3-12/h2-11,23-24H,20-21H2,1H3. The molecule has 25 heavy (non-hydrogen) atoms. The van der Waals surface area contributed by atoms with E-state index in [1.54, 1.807) is 61.7 Å². The predicted molar refractivity (Wildman–Crippen MR) is 98.9 cm³/mol. The normalized spacial score (nSPS) is 10.5. The van der Waals surface area contributed by atoms with Crippen molar-refractivity contribution in [3.8, 4) is 28.4 Å². The minimum atomic E-state index is 0.157. The quantitative estimate of drug-likeness (QED) is 0.330. The van der Waals surface area contributed by atoms with Crippen molar-refractivity contribution in [2.75, 3.05) is 17.9 Å². The summed E-state index contributed by atoms with van der Waals surface area (Å²) in [7, 11) is 1.57. The lowest BCUT2D eigenvalue weighted by atomic mass is 10.0. The van der Waals surface area contributed by atoms with Crippen molar-refractivity contribution in [3.05, 3.63) is 60.7 Å². The van der Waals surface area contributed by atoms with Gasteiger partial charge >= 0.3 is 0 Å². The van der Waals surface area contributed by atoms with E-state index in [0.29, 0.717) is 22.8 Å². The van der Waals surface area contributed by atoms with Gasteiger partial charge in [-0.05, 0) is 48.0 Å². The molecule has 6 heteroatoms. The van der Waals surface area contributed by atoms with Crippen LogP contribution in [0.4, 0.5) is 17.1 Å². The summed E-state index contributed by atoms with van der Waals surface area (Å²) in [5.74, 6) is 7.16. The summed E-state index contributed by atoms with van der Waals surface area (Å²) in [6.07, 6.45) is 0. The summed E-state index contributed by atoms with van der Waals surface area (Å²) < 4.78 is 5.43. The third kappa shape index (κ3) is 3.29. The molecule has 3 aromatic rings. The molecule has 0 unspecified atom stereocenters. The van der Waals surface area contributed by atoms with Crippen molar-refractivity contribution in [2.45, 2.75) is 0 Å². The van der Waals surface area contributed by atoms with Gasteiger partial charge in [-0.2, -0.15) is 0 Å². The number of nitrogens with zero attached hydrogens (tertiary/aromatic N) is 1. The number of ether oxygens (including phenoxy) is 1. The van der Waals surface area contributed by atoms with Crippen molar-refractivity contribution in [1.29, 1.82) is 0 Å². The molecule has 0 aliphatic carbocycles. The number of phenolic OH excluding ortho intramolecular Hbond substituents is 2. The molecular weight excluding hydrogens is 318 g/mol. The molecule has 0 spiro atoms. The Kier molecular flexibility index (Phi) is 4.36. The summed E-state index contributed by atoms with van der Waals surface area (Å²) in [5.41, 5.74) is 9.51. The largest absolute Gasteiger partial charge is 0.508 e. The maximum atomic E-state index is 9.49. The number of anilines is 3. The van der Waals surface area contributed by atoms with Gasteiger partial charge in [0.1, 0.15) is 17.2 Å². The number of benzene rings is 3. The van der Waals surface area contributed by atoms with Gasteiger partial charge in [0, 0.05) is 11.6 Å². The van der Waals surface area contributed by atoms with E-state index in [9.17, 15) is 10.2 Å². The van der Waals surface area contributed by atoms with Gasteiger partial charge in [-0.25, -0.2) is 5.84 Å².